The summed E-state index contributed by atoms with van der Waals surface area (Å²) in [4.78, 5) is 12.9. The van der Waals surface area contributed by atoms with E-state index in [1.165, 1.54) is 34.5 Å². The molecular weight excluding hydrogens is 356 g/mol. The van der Waals surface area contributed by atoms with Crippen molar-refractivity contribution in [1.82, 2.24) is 0 Å². The normalized spacial score (nSPS) is 10.7. The minimum Gasteiger partial charge on any atom is -0.504 e. The molecule has 0 aliphatic rings. The SMILES string of the molecule is COc1ccc(-c2oc3cc(O)c(OC)c(O)c3c(=O)c2OC)cc1OC. The first-order valence-electron chi connectivity index (χ1n) is 7.82. The zero-order valence-electron chi connectivity index (χ0n) is 15.2. The molecule has 0 atom stereocenters. The minimum atomic E-state index is -0.612. The van der Waals surface area contributed by atoms with E-state index in [2.05, 4.69) is 0 Å². The number of aromatic hydroxyl groups is 2. The molecule has 142 valence electrons. The third kappa shape index (κ3) is 2.84. The zero-order chi connectivity index (χ0) is 19.7. The molecule has 3 rings (SSSR count). The number of phenols is 2. The molecule has 0 unspecified atom stereocenters. The van der Waals surface area contributed by atoms with Crippen molar-refractivity contribution in [1.29, 1.82) is 0 Å². The summed E-state index contributed by atoms with van der Waals surface area (Å²) in [6.45, 7) is 0. The van der Waals surface area contributed by atoms with Crippen LogP contribution in [0.4, 0.5) is 0 Å². The highest BCUT2D eigenvalue weighted by Crippen LogP contribution is 2.43. The predicted molar refractivity (Wildman–Crippen MR) is 97.5 cm³/mol. The van der Waals surface area contributed by atoms with E-state index < -0.39 is 11.2 Å². The Balaban J connectivity index is 2.36. The molecule has 2 aromatic carbocycles. The van der Waals surface area contributed by atoms with Crippen LogP contribution in [-0.2, 0) is 0 Å². The Bertz CT molecular complexity index is 1070. The molecule has 8 heteroatoms. The lowest BCUT2D eigenvalue weighted by Gasteiger charge is -2.13. The molecule has 27 heavy (non-hydrogen) atoms. The molecule has 0 bridgehead atoms. The van der Waals surface area contributed by atoms with Crippen LogP contribution in [0.25, 0.3) is 22.3 Å². The maximum atomic E-state index is 12.9. The number of phenolic OH excluding ortho intramolecular Hbond substituents is 2. The maximum Gasteiger partial charge on any atom is 0.239 e. The predicted octanol–water partition coefficient (Wildman–Crippen LogP) is 2.91. The third-order valence-electron chi connectivity index (χ3n) is 4.10. The van der Waals surface area contributed by atoms with Crippen molar-refractivity contribution in [3.05, 3.63) is 34.5 Å². The van der Waals surface area contributed by atoms with Gasteiger partial charge in [-0.15, -0.1) is 0 Å². The standard InChI is InChI=1S/C19H18O8/c1-23-11-6-5-9(7-12(11)24-2)17-19(26-4)16(22)14-13(27-17)8-10(20)18(25-3)15(14)21/h5-8,20-21H,1-4H3. The van der Waals surface area contributed by atoms with Gasteiger partial charge in [-0.3, -0.25) is 4.79 Å². The number of methoxy groups -OCH3 is 4. The Hall–Kier alpha value is -3.55. The number of fused-ring (bicyclic) bond motifs is 1. The highest BCUT2D eigenvalue weighted by Gasteiger charge is 2.24. The Kier molecular flexibility index (Phi) is 4.72. The van der Waals surface area contributed by atoms with E-state index in [1.807, 2.05) is 0 Å². The largest absolute Gasteiger partial charge is 0.504 e. The summed E-state index contributed by atoms with van der Waals surface area (Å²) >= 11 is 0. The van der Waals surface area contributed by atoms with Crippen LogP contribution in [-0.4, -0.2) is 38.7 Å². The molecule has 1 aromatic heterocycles. The van der Waals surface area contributed by atoms with Gasteiger partial charge in [0.15, 0.2) is 28.8 Å². The van der Waals surface area contributed by atoms with E-state index in [-0.39, 0.29) is 34.0 Å². The Morgan fingerprint density at radius 2 is 1.52 bits per heavy atom. The Morgan fingerprint density at radius 1 is 0.852 bits per heavy atom. The van der Waals surface area contributed by atoms with Gasteiger partial charge in [-0.05, 0) is 18.2 Å². The molecule has 0 radical (unpaired) electrons. The lowest BCUT2D eigenvalue weighted by atomic mass is 10.1. The number of hydrogen-bond acceptors (Lipinski definition) is 8. The van der Waals surface area contributed by atoms with Gasteiger partial charge in [-0.25, -0.2) is 0 Å². The van der Waals surface area contributed by atoms with Crippen LogP contribution in [0.15, 0.2) is 33.5 Å². The lowest BCUT2D eigenvalue weighted by Crippen LogP contribution is -2.08. The molecule has 0 amide bonds. The molecule has 0 spiro atoms. The molecule has 0 saturated carbocycles. The van der Waals surface area contributed by atoms with E-state index in [1.54, 1.807) is 18.2 Å². The van der Waals surface area contributed by atoms with Crippen LogP contribution in [0, 0.1) is 0 Å². The van der Waals surface area contributed by atoms with E-state index >= 15 is 0 Å². The van der Waals surface area contributed by atoms with Crippen LogP contribution < -0.4 is 24.4 Å². The number of hydrogen-bond donors (Lipinski definition) is 2. The Morgan fingerprint density at radius 3 is 2.11 bits per heavy atom. The molecule has 0 saturated heterocycles. The van der Waals surface area contributed by atoms with Gasteiger partial charge >= 0.3 is 0 Å². The van der Waals surface area contributed by atoms with Gasteiger partial charge in [0.2, 0.25) is 16.9 Å². The third-order valence-corrected chi connectivity index (χ3v) is 4.10. The van der Waals surface area contributed by atoms with Gasteiger partial charge in [0.1, 0.15) is 11.0 Å². The molecule has 1 heterocycles. The molecule has 0 fully saturated rings. The van der Waals surface area contributed by atoms with Gasteiger partial charge in [0.05, 0.1) is 28.4 Å². The second-order valence-electron chi connectivity index (χ2n) is 5.51. The van der Waals surface area contributed by atoms with Crippen LogP contribution in [0.3, 0.4) is 0 Å². The molecular formula is C19H18O8. The molecule has 2 N–H and O–H groups in total. The summed E-state index contributed by atoms with van der Waals surface area (Å²) in [7, 11) is 5.57. The monoisotopic (exact) mass is 374 g/mol. The summed E-state index contributed by atoms with van der Waals surface area (Å²) in [5.41, 5.74) is -0.154. The first-order chi connectivity index (χ1) is 13.0. The summed E-state index contributed by atoms with van der Waals surface area (Å²) in [6.07, 6.45) is 0. The highest BCUT2D eigenvalue weighted by atomic mass is 16.5. The van der Waals surface area contributed by atoms with Crippen molar-refractivity contribution in [2.75, 3.05) is 28.4 Å². The molecule has 0 aliphatic heterocycles. The minimum absolute atomic E-state index is 0.0265. The molecule has 0 aliphatic carbocycles. The summed E-state index contributed by atoms with van der Waals surface area (Å²) < 4.78 is 26.4. The number of rotatable bonds is 5. The van der Waals surface area contributed by atoms with Crippen LogP contribution >= 0.6 is 0 Å². The van der Waals surface area contributed by atoms with Crippen LogP contribution in [0.5, 0.6) is 34.5 Å². The van der Waals surface area contributed by atoms with Gasteiger partial charge in [-0.1, -0.05) is 0 Å². The Labute approximate surface area is 154 Å². The number of ether oxygens (including phenoxy) is 4. The zero-order valence-corrected chi connectivity index (χ0v) is 15.2. The van der Waals surface area contributed by atoms with Crippen molar-refractivity contribution in [2.24, 2.45) is 0 Å². The second kappa shape index (κ2) is 6.99. The van der Waals surface area contributed by atoms with E-state index in [9.17, 15) is 15.0 Å². The summed E-state index contributed by atoms with van der Waals surface area (Å²) in [6, 6.07) is 6.13. The van der Waals surface area contributed by atoms with Crippen molar-refractivity contribution in [3.63, 3.8) is 0 Å². The number of benzene rings is 2. The van der Waals surface area contributed by atoms with E-state index in [0.29, 0.717) is 17.1 Å². The van der Waals surface area contributed by atoms with Crippen molar-refractivity contribution >= 4 is 11.0 Å². The van der Waals surface area contributed by atoms with Gasteiger partial charge < -0.3 is 33.6 Å². The molecule has 8 nitrogen and oxygen atoms in total. The maximum absolute atomic E-state index is 12.9. The fourth-order valence-corrected chi connectivity index (χ4v) is 2.84. The molecule has 3 aromatic rings. The average molecular weight is 374 g/mol. The fraction of sp³-hybridized carbons (Fsp3) is 0.211. The van der Waals surface area contributed by atoms with Crippen LogP contribution in [0.1, 0.15) is 0 Å². The topological polar surface area (TPSA) is 108 Å². The first kappa shape index (κ1) is 18.2. The van der Waals surface area contributed by atoms with Gasteiger partial charge in [-0.2, -0.15) is 0 Å². The van der Waals surface area contributed by atoms with Crippen molar-refractivity contribution in [3.8, 4) is 45.8 Å². The average Bonchev–Trinajstić information content (AvgIpc) is 2.67. The first-order valence-corrected chi connectivity index (χ1v) is 7.82. The van der Waals surface area contributed by atoms with E-state index in [0.717, 1.165) is 0 Å². The highest BCUT2D eigenvalue weighted by molar-refractivity contribution is 5.91. The summed E-state index contributed by atoms with van der Waals surface area (Å²) in [5, 5.41) is 20.1. The van der Waals surface area contributed by atoms with Crippen LogP contribution in [0.2, 0.25) is 0 Å². The second-order valence-corrected chi connectivity index (χ2v) is 5.51. The van der Waals surface area contributed by atoms with Crippen molar-refractivity contribution in [2.45, 2.75) is 0 Å². The van der Waals surface area contributed by atoms with Gasteiger partial charge in [0.25, 0.3) is 0 Å². The van der Waals surface area contributed by atoms with Gasteiger partial charge in [0, 0.05) is 11.6 Å². The quantitative estimate of drug-likeness (QED) is 0.702. The fourth-order valence-electron chi connectivity index (χ4n) is 2.84. The van der Waals surface area contributed by atoms with E-state index in [4.69, 9.17) is 23.4 Å². The lowest BCUT2D eigenvalue weighted by molar-refractivity contribution is 0.345. The van der Waals surface area contributed by atoms with Crippen molar-refractivity contribution < 1.29 is 33.6 Å². The smallest absolute Gasteiger partial charge is 0.239 e. The summed E-state index contributed by atoms with van der Waals surface area (Å²) in [5.74, 6) is -0.190.